The predicted molar refractivity (Wildman–Crippen MR) is 243 cm³/mol. The van der Waals surface area contributed by atoms with Gasteiger partial charge in [-0.25, -0.2) is 0 Å². The van der Waals surface area contributed by atoms with E-state index >= 15 is 0 Å². The molecule has 1 aromatic heterocycles. The van der Waals surface area contributed by atoms with Crippen LogP contribution in [0.5, 0.6) is 11.5 Å². The first-order valence-corrected chi connectivity index (χ1v) is 20.9. The number of benzene rings is 9. The zero-order valence-electron chi connectivity index (χ0n) is 32.0. The molecule has 0 fully saturated rings. The van der Waals surface area contributed by atoms with Gasteiger partial charge in [-0.05, 0) is 95.1 Å². The smallest absolute Gasteiger partial charge is 0.132 e. The van der Waals surface area contributed by atoms with Gasteiger partial charge in [0, 0.05) is 54.4 Å². The normalized spacial score (nSPS) is 14.9. The van der Waals surface area contributed by atoms with Gasteiger partial charge in [0.25, 0.3) is 0 Å². The van der Waals surface area contributed by atoms with Gasteiger partial charge >= 0.3 is 0 Å². The van der Waals surface area contributed by atoms with Gasteiger partial charge in [0.15, 0.2) is 0 Å². The molecule has 0 amide bonds. The summed E-state index contributed by atoms with van der Waals surface area (Å²) >= 11 is 1.88. The fourth-order valence-electron chi connectivity index (χ4n) is 9.60. The largest absolute Gasteiger partial charge is 0.457 e. The van der Waals surface area contributed by atoms with Gasteiger partial charge in [-0.2, -0.15) is 0 Å². The highest BCUT2D eigenvalue weighted by atomic mass is 32.2. The Morgan fingerprint density at radius 2 is 1.03 bits per heavy atom. The van der Waals surface area contributed by atoms with Crippen molar-refractivity contribution in [3.8, 4) is 28.3 Å². The summed E-state index contributed by atoms with van der Waals surface area (Å²) in [5.74, 6) is 1.73. The van der Waals surface area contributed by atoms with E-state index in [1.165, 1.54) is 53.9 Å². The Kier molecular flexibility index (Phi) is 7.69. The molecule has 1 unspecified atom stereocenters. The molecule has 0 saturated heterocycles. The van der Waals surface area contributed by atoms with Crippen LogP contribution in [0.4, 0.5) is 17.1 Å². The number of fused-ring (bicyclic) bond motifs is 12. The van der Waals surface area contributed by atoms with Crippen LogP contribution in [-0.2, 0) is 5.41 Å². The molecular formula is C55H36N2OS. The highest BCUT2D eigenvalue weighted by Crippen LogP contribution is 2.63. The number of ether oxygens (including phenoxy) is 1. The van der Waals surface area contributed by atoms with E-state index in [-0.39, 0.29) is 0 Å². The molecule has 10 aromatic rings. The Labute approximate surface area is 347 Å². The Hall–Kier alpha value is -7.27. The maximum atomic E-state index is 6.94. The zero-order chi connectivity index (χ0) is 38.9. The number of anilines is 3. The minimum atomic E-state index is -0.691. The van der Waals surface area contributed by atoms with Gasteiger partial charge in [-0.3, -0.25) is 0 Å². The van der Waals surface area contributed by atoms with Crippen LogP contribution < -0.4 is 9.64 Å². The molecular weight excluding hydrogens is 737 g/mol. The van der Waals surface area contributed by atoms with Crippen LogP contribution in [0, 0.1) is 0 Å². The molecule has 3 nitrogen and oxygen atoms in total. The first-order valence-electron chi connectivity index (χ1n) is 20.1. The molecule has 278 valence electrons. The molecule has 0 radical (unpaired) electrons. The number of aromatic nitrogens is 1. The van der Waals surface area contributed by atoms with Gasteiger partial charge in [0.1, 0.15) is 11.5 Å². The lowest BCUT2D eigenvalue weighted by atomic mass is 9.63. The van der Waals surface area contributed by atoms with Gasteiger partial charge in [-0.15, -0.1) is 0 Å². The van der Waals surface area contributed by atoms with Crippen LogP contribution in [0.3, 0.4) is 0 Å². The second-order valence-corrected chi connectivity index (χ2v) is 16.3. The predicted octanol–water partition coefficient (Wildman–Crippen LogP) is 14.9. The molecule has 0 aliphatic carbocycles. The Bertz CT molecular complexity index is 3200. The SMILES string of the molecule is c1ccc(-c2ccc(N(c3ccccc3)c3ccc4c(c3)C3(c5ccccc5O4)c4ccccc4Sc4c3ccc3c5ccccc5n(-c5ccccc5)c43)cc2)cc1. The third-order valence-electron chi connectivity index (χ3n) is 12.1. The van der Waals surface area contributed by atoms with Crippen molar-refractivity contribution < 1.29 is 4.74 Å². The van der Waals surface area contributed by atoms with Crippen LogP contribution in [-0.4, -0.2) is 4.57 Å². The summed E-state index contributed by atoms with van der Waals surface area (Å²) in [5.41, 5.74) is 13.2. The average molecular weight is 773 g/mol. The van der Waals surface area contributed by atoms with Crippen molar-refractivity contribution in [3.05, 3.63) is 241 Å². The first-order chi connectivity index (χ1) is 29.3. The van der Waals surface area contributed by atoms with E-state index in [4.69, 9.17) is 4.74 Å². The standard InChI is InChI=1S/C55H36N2OS/c1-4-16-37(17-5-1)38-28-30-41(31-29-38)56(39-18-6-2-7-19-39)42-32-35-51-48(36-42)55(45-23-11-14-26-50(45)58-51)46-24-12-15-27-52(46)59-54-47(55)34-33-44-43-22-10-13-25-49(43)57(53(44)54)40-20-8-3-9-21-40/h1-36H. The van der Waals surface area contributed by atoms with Gasteiger partial charge in [0.05, 0.1) is 16.4 Å². The first kappa shape index (κ1) is 33.8. The molecule has 59 heavy (non-hydrogen) atoms. The molecule has 0 bridgehead atoms. The molecule has 0 saturated carbocycles. The van der Waals surface area contributed by atoms with Crippen LogP contribution in [0.15, 0.2) is 228 Å². The molecule has 1 spiro atoms. The summed E-state index contributed by atoms with van der Waals surface area (Å²) in [6.45, 7) is 0. The molecule has 2 aliphatic rings. The summed E-state index contributed by atoms with van der Waals surface area (Å²) in [6, 6.07) is 79.0. The summed E-state index contributed by atoms with van der Waals surface area (Å²) in [4.78, 5) is 4.86. The average Bonchev–Trinajstić information content (AvgIpc) is 3.65. The van der Waals surface area contributed by atoms with Crippen LogP contribution in [0.1, 0.15) is 22.3 Å². The van der Waals surface area contributed by atoms with Crippen molar-refractivity contribution in [2.24, 2.45) is 0 Å². The Morgan fingerprint density at radius 3 is 1.85 bits per heavy atom. The molecule has 12 rings (SSSR count). The van der Waals surface area contributed by atoms with Gasteiger partial charge in [0.2, 0.25) is 0 Å². The van der Waals surface area contributed by atoms with E-state index in [0.29, 0.717) is 0 Å². The molecule has 0 N–H and O–H groups in total. The Morgan fingerprint density at radius 1 is 0.424 bits per heavy atom. The third kappa shape index (κ3) is 5.10. The second-order valence-electron chi connectivity index (χ2n) is 15.2. The van der Waals surface area contributed by atoms with Crippen molar-refractivity contribution >= 4 is 50.6 Å². The summed E-state index contributed by atoms with van der Waals surface area (Å²) in [6.07, 6.45) is 0. The highest BCUT2D eigenvalue weighted by Gasteiger charge is 2.50. The number of hydrogen-bond acceptors (Lipinski definition) is 3. The van der Waals surface area contributed by atoms with Crippen molar-refractivity contribution in [2.45, 2.75) is 15.2 Å². The minimum Gasteiger partial charge on any atom is -0.457 e. The number of rotatable bonds is 5. The topological polar surface area (TPSA) is 17.4 Å². The summed E-state index contributed by atoms with van der Waals surface area (Å²) < 4.78 is 9.41. The maximum Gasteiger partial charge on any atom is 0.132 e. The van der Waals surface area contributed by atoms with E-state index < -0.39 is 5.41 Å². The molecule has 1 atom stereocenters. The lowest BCUT2D eigenvalue weighted by Crippen LogP contribution is -2.37. The molecule has 2 aliphatic heterocycles. The number of para-hydroxylation sites is 4. The van der Waals surface area contributed by atoms with E-state index in [1.54, 1.807) is 0 Å². The highest BCUT2D eigenvalue weighted by molar-refractivity contribution is 7.99. The Balaban J connectivity index is 1.16. The second kappa shape index (κ2) is 13.4. The van der Waals surface area contributed by atoms with Gasteiger partial charge in [-0.1, -0.05) is 157 Å². The lowest BCUT2D eigenvalue weighted by molar-refractivity contribution is 0.431. The van der Waals surface area contributed by atoms with Crippen molar-refractivity contribution in [1.29, 1.82) is 0 Å². The zero-order valence-corrected chi connectivity index (χ0v) is 32.8. The monoisotopic (exact) mass is 772 g/mol. The maximum absolute atomic E-state index is 6.94. The van der Waals surface area contributed by atoms with E-state index in [0.717, 1.165) is 45.4 Å². The fraction of sp³-hybridized carbons (Fsp3) is 0.0182. The van der Waals surface area contributed by atoms with E-state index in [2.05, 4.69) is 228 Å². The molecule has 4 heteroatoms. The summed E-state index contributed by atoms with van der Waals surface area (Å²) in [5, 5.41) is 2.49. The van der Waals surface area contributed by atoms with Gasteiger partial charge < -0.3 is 14.2 Å². The van der Waals surface area contributed by atoms with Crippen molar-refractivity contribution in [3.63, 3.8) is 0 Å². The number of nitrogens with zero attached hydrogens (tertiary/aromatic N) is 2. The lowest BCUT2D eigenvalue weighted by Gasteiger charge is -2.45. The fourth-order valence-corrected chi connectivity index (χ4v) is 10.9. The third-order valence-corrected chi connectivity index (χ3v) is 13.3. The van der Waals surface area contributed by atoms with Crippen LogP contribution in [0.25, 0.3) is 38.6 Å². The summed E-state index contributed by atoms with van der Waals surface area (Å²) in [7, 11) is 0. The molecule has 9 aromatic carbocycles. The van der Waals surface area contributed by atoms with Crippen molar-refractivity contribution in [2.75, 3.05) is 4.90 Å². The van der Waals surface area contributed by atoms with E-state index in [1.807, 2.05) is 11.8 Å². The minimum absolute atomic E-state index is 0.691. The quantitative estimate of drug-likeness (QED) is 0.173. The molecule has 3 heterocycles. The number of hydrogen-bond donors (Lipinski definition) is 0. The van der Waals surface area contributed by atoms with Crippen molar-refractivity contribution in [1.82, 2.24) is 4.57 Å². The van der Waals surface area contributed by atoms with Crippen LogP contribution in [0.2, 0.25) is 0 Å². The van der Waals surface area contributed by atoms with E-state index in [9.17, 15) is 0 Å². The van der Waals surface area contributed by atoms with Crippen LogP contribution >= 0.6 is 11.8 Å².